The molecular weight excluding hydrogens is 350 g/mol. The van der Waals surface area contributed by atoms with Gasteiger partial charge in [0.05, 0.1) is 6.54 Å². The molecule has 1 saturated heterocycles. The number of hydrogen-bond acceptors (Lipinski definition) is 5. The van der Waals surface area contributed by atoms with E-state index in [2.05, 4.69) is 20.1 Å². The molecule has 2 aliphatic rings. The molecule has 26 heavy (non-hydrogen) atoms. The Kier molecular flexibility index (Phi) is 5.04. The second-order valence-corrected chi connectivity index (χ2v) is 7.25. The van der Waals surface area contributed by atoms with Crippen LogP contribution in [0.25, 0.3) is 0 Å². The Morgan fingerprint density at radius 2 is 1.85 bits per heavy atom. The van der Waals surface area contributed by atoms with Gasteiger partial charge < -0.3 is 10.2 Å². The first-order chi connectivity index (χ1) is 12.7. The third-order valence-corrected chi connectivity index (χ3v) is 4.96. The minimum atomic E-state index is 0.0192. The summed E-state index contributed by atoms with van der Waals surface area (Å²) in [5, 5.41) is 3.45. The van der Waals surface area contributed by atoms with Crippen molar-refractivity contribution >= 4 is 29.0 Å². The largest absolute Gasteiger partial charge is 0.354 e. The average molecular weight is 372 g/mol. The topological polar surface area (TPSA) is 61.4 Å². The Labute approximate surface area is 158 Å². The van der Waals surface area contributed by atoms with Crippen molar-refractivity contribution in [3.63, 3.8) is 0 Å². The third kappa shape index (κ3) is 4.31. The molecule has 0 unspecified atom stereocenters. The number of halogens is 1. The second kappa shape index (κ2) is 7.60. The van der Waals surface area contributed by atoms with E-state index < -0.39 is 0 Å². The molecule has 136 valence electrons. The maximum absolute atomic E-state index is 12.2. The predicted molar refractivity (Wildman–Crippen MR) is 103 cm³/mol. The number of amides is 1. The Bertz CT molecular complexity index is 773. The normalized spacial score (nSPS) is 18.0. The van der Waals surface area contributed by atoms with Gasteiger partial charge in [-0.25, -0.2) is 9.97 Å². The number of para-hydroxylation sites is 1. The van der Waals surface area contributed by atoms with Gasteiger partial charge >= 0.3 is 0 Å². The van der Waals surface area contributed by atoms with Gasteiger partial charge in [-0.15, -0.1) is 0 Å². The fraction of sp³-hybridized carbons (Fsp3) is 0.421. The fourth-order valence-corrected chi connectivity index (χ4v) is 3.35. The molecule has 4 rings (SSSR count). The van der Waals surface area contributed by atoms with E-state index in [0.717, 1.165) is 56.4 Å². The number of rotatable bonds is 5. The summed E-state index contributed by atoms with van der Waals surface area (Å²) >= 11 is 6.17. The number of anilines is 2. The Morgan fingerprint density at radius 1 is 1.12 bits per heavy atom. The number of piperazine rings is 1. The van der Waals surface area contributed by atoms with Crippen LogP contribution >= 0.6 is 11.6 Å². The maximum Gasteiger partial charge on any atom is 0.238 e. The lowest BCUT2D eigenvalue weighted by Gasteiger charge is -2.35. The van der Waals surface area contributed by atoms with Crippen molar-refractivity contribution < 1.29 is 4.79 Å². The van der Waals surface area contributed by atoms with E-state index in [9.17, 15) is 4.79 Å². The molecule has 1 aliphatic carbocycles. The summed E-state index contributed by atoms with van der Waals surface area (Å²) in [4.78, 5) is 25.6. The number of nitrogens with one attached hydrogen (secondary N) is 1. The summed E-state index contributed by atoms with van der Waals surface area (Å²) in [6.07, 6.45) is 2.31. The van der Waals surface area contributed by atoms with Gasteiger partial charge in [0.2, 0.25) is 5.91 Å². The van der Waals surface area contributed by atoms with E-state index in [0.29, 0.717) is 17.6 Å². The van der Waals surface area contributed by atoms with Crippen LogP contribution in [0.15, 0.2) is 36.4 Å². The number of aromatic nitrogens is 2. The van der Waals surface area contributed by atoms with E-state index in [1.807, 2.05) is 36.4 Å². The molecule has 0 spiro atoms. The highest BCUT2D eigenvalue weighted by Gasteiger charge is 2.28. The van der Waals surface area contributed by atoms with Gasteiger partial charge in [0.25, 0.3) is 0 Å². The summed E-state index contributed by atoms with van der Waals surface area (Å²) in [5.74, 6) is 2.28. The van der Waals surface area contributed by atoms with Gasteiger partial charge in [0, 0.05) is 43.9 Å². The minimum absolute atomic E-state index is 0.0192. The molecule has 1 N–H and O–H groups in total. The van der Waals surface area contributed by atoms with E-state index in [-0.39, 0.29) is 5.91 Å². The summed E-state index contributed by atoms with van der Waals surface area (Å²) < 4.78 is 0. The van der Waals surface area contributed by atoms with E-state index in [1.54, 1.807) is 0 Å². The standard InChI is InChI=1S/C19H22ClN5O/c20-16-12-17(23-19(22-16)14-6-7-14)25-10-8-24(9-11-25)13-18(26)21-15-4-2-1-3-5-15/h1-5,12,14H,6-11,13H2,(H,21,26). The zero-order valence-corrected chi connectivity index (χ0v) is 15.3. The summed E-state index contributed by atoms with van der Waals surface area (Å²) in [7, 11) is 0. The van der Waals surface area contributed by atoms with Gasteiger partial charge in [-0.1, -0.05) is 29.8 Å². The van der Waals surface area contributed by atoms with Crippen LogP contribution in [0.3, 0.4) is 0 Å². The summed E-state index contributed by atoms with van der Waals surface area (Å²) in [5.41, 5.74) is 0.833. The van der Waals surface area contributed by atoms with E-state index in [4.69, 9.17) is 16.6 Å². The third-order valence-electron chi connectivity index (χ3n) is 4.76. The van der Waals surface area contributed by atoms with Crippen molar-refractivity contribution in [3.05, 3.63) is 47.4 Å². The monoisotopic (exact) mass is 371 g/mol. The van der Waals surface area contributed by atoms with Crippen LogP contribution in [-0.4, -0.2) is 53.5 Å². The molecule has 0 bridgehead atoms. The molecule has 0 radical (unpaired) electrons. The van der Waals surface area contributed by atoms with E-state index >= 15 is 0 Å². The molecule has 1 saturated carbocycles. The maximum atomic E-state index is 12.2. The highest BCUT2D eigenvalue weighted by Crippen LogP contribution is 2.39. The average Bonchev–Trinajstić information content (AvgIpc) is 3.48. The number of carbonyl (C=O) groups is 1. The highest BCUT2D eigenvalue weighted by molar-refractivity contribution is 6.29. The predicted octanol–water partition coefficient (Wildman–Crippen LogP) is 2.77. The fourth-order valence-electron chi connectivity index (χ4n) is 3.17. The van der Waals surface area contributed by atoms with Gasteiger partial charge in [0.1, 0.15) is 16.8 Å². The van der Waals surface area contributed by atoms with Crippen molar-refractivity contribution in [3.8, 4) is 0 Å². The van der Waals surface area contributed by atoms with Crippen LogP contribution in [0.1, 0.15) is 24.6 Å². The minimum Gasteiger partial charge on any atom is -0.354 e. The van der Waals surface area contributed by atoms with Crippen molar-refractivity contribution in [2.75, 3.05) is 42.9 Å². The lowest BCUT2D eigenvalue weighted by molar-refractivity contribution is -0.117. The van der Waals surface area contributed by atoms with Crippen LogP contribution in [0, 0.1) is 0 Å². The van der Waals surface area contributed by atoms with Crippen LogP contribution in [0.2, 0.25) is 5.15 Å². The quantitative estimate of drug-likeness (QED) is 0.819. The lowest BCUT2D eigenvalue weighted by Crippen LogP contribution is -2.49. The highest BCUT2D eigenvalue weighted by atomic mass is 35.5. The first-order valence-corrected chi connectivity index (χ1v) is 9.42. The van der Waals surface area contributed by atoms with Crippen molar-refractivity contribution in [1.29, 1.82) is 0 Å². The molecule has 1 aromatic carbocycles. The first-order valence-electron chi connectivity index (χ1n) is 9.04. The molecule has 2 aromatic rings. The molecule has 1 aliphatic heterocycles. The number of nitrogens with zero attached hydrogens (tertiary/aromatic N) is 4. The van der Waals surface area contributed by atoms with Gasteiger partial charge in [0.15, 0.2) is 0 Å². The van der Waals surface area contributed by atoms with Crippen LogP contribution < -0.4 is 10.2 Å². The molecule has 1 amide bonds. The summed E-state index contributed by atoms with van der Waals surface area (Å²) in [6.45, 7) is 3.71. The molecule has 1 aromatic heterocycles. The molecule has 7 heteroatoms. The molecular formula is C19H22ClN5O. The Morgan fingerprint density at radius 3 is 2.54 bits per heavy atom. The van der Waals surface area contributed by atoms with Crippen LogP contribution in [0.5, 0.6) is 0 Å². The van der Waals surface area contributed by atoms with Gasteiger partial charge in [-0.3, -0.25) is 9.69 Å². The first kappa shape index (κ1) is 17.2. The molecule has 6 nitrogen and oxygen atoms in total. The zero-order valence-electron chi connectivity index (χ0n) is 14.6. The smallest absolute Gasteiger partial charge is 0.238 e. The molecule has 2 fully saturated rings. The zero-order chi connectivity index (χ0) is 17.9. The van der Waals surface area contributed by atoms with Gasteiger partial charge in [-0.2, -0.15) is 0 Å². The van der Waals surface area contributed by atoms with Gasteiger partial charge in [-0.05, 0) is 25.0 Å². The SMILES string of the molecule is O=C(CN1CCN(c2cc(Cl)nc(C3CC3)n2)CC1)Nc1ccccc1. The number of benzene rings is 1. The number of hydrogen-bond donors (Lipinski definition) is 1. The second-order valence-electron chi connectivity index (χ2n) is 6.86. The van der Waals surface area contributed by atoms with Crippen molar-refractivity contribution in [2.24, 2.45) is 0 Å². The van der Waals surface area contributed by atoms with Crippen LogP contribution in [-0.2, 0) is 4.79 Å². The van der Waals surface area contributed by atoms with E-state index in [1.165, 1.54) is 0 Å². The molecule has 0 atom stereocenters. The van der Waals surface area contributed by atoms with Crippen molar-refractivity contribution in [1.82, 2.24) is 14.9 Å². The lowest BCUT2D eigenvalue weighted by atomic mass is 10.3. The number of carbonyl (C=O) groups excluding carboxylic acids is 1. The van der Waals surface area contributed by atoms with Crippen LogP contribution in [0.4, 0.5) is 11.5 Å². The summed E-state index contributed by atoms with van der Waals surface area (Å²) in [6, 6.07) is 11.4. The van der Waals surface area contributed by atoms with Crippen molar-refractivity contribution in [2.45, 2.75) is 18.8 Å². The molecule has 2 heterocycles. The Balaban J connectivity index is 1.31. The Hall–Kier alpha value is -2.18.